The molecule has 0 unspecified atom stereocenters. The predicted octanol–water partition coefficient (Wildman–Crippen LogP) is 4.12. The van der Waals surface area contributed by atoms with Crippen LogP contribution in [0.2, 0.25) is 0 Å². The third-order valence-corrected chi connectivity index (χ3v) is 3.82. The Morgan fingerprint density at radius 2 is 1.27 bits per heavy atom. The van der Waals surface area contributed by atoms with Gasteiger partial charge in [0.1, 0.15) is 0 Å². The van der Waals surface area contributed by atoms with Crippen molar-refractivity contribution in [2.75, 3.05) is 0 Å². The first-order valence-corrected chi connectivity index (χ1v) is 6.57. The molecule has 0 bridgehead atoms. The van der Waals surface area contributed by atoms with Crippen molar-refractivity contribution >= 4 is 0 Å². The Bertz CT molecular complexity index is 168. The van der Waals surface area contributed by atoms with Crippen LogP contribution in [0.4, 0.5) is 0 Å². The molecule has 1 rings (SSSR count). The van der Waals surface area contributed by atoms with E-state index < -0.39 is 0 Å². The zero-order chi connectivity index (χ0) is 11.6. The van der Waals surface area contributed by atoms with Crippen molar-refractivity contribution < 1.29 is 4.74 Å². The zero-order valence-electron chi connectivity index (χ0n) is 11.3. The Kier molecular flexibility index (Phi) is 4.64. The molecule has 1 heterocycles. The van der Waals surface area contributed by atoms with Crippen LogP contribution in [0.25, 0.3) is 0 Å². The molecule has 0 radical (unpaired) electrons. The highest BCUT2D eigenvalue weighted by atomic mass is 16.5. The van der Waals surface area contributed by atoms with E-state index in [9.17, 15) is 0 Å². The van der Waals surface area contributed by atoms with Gasteiger partial charge in [-0.05, 0) is 50.4 Å². The molecule has 0 spiro atoms. The van der Waals surface area contributed by atoms with Gasteiger partial charge in [0, 0.05) is 0 Å². The van der Waals surface area contributed by atoms with Crippen LogP contribution in [-0.2, 0) is 4.74 Å². The molecule has 1 fully saturated rings. The van der Waals surface area contributed by atoms with Gasteiger partial charge in [0.05, 0.1) is 12.2 Å². The van der Waals surface area contributed by atoms with Crippen molar-refractivity contribution in [1.29, 1.82) is 0 Å². The largest absolute Gasteiger partial charge is 0.376 e. The van der Waals surface area contributed by atoms with Crippen molar-refractivity contribution in [3.05, 3.63) is 0 Å². The highest BCUT2D eigenvalue weighted by Crippen LogP contribution is 2.38. The SMILES string of the molecule is CC(C)C(C(C)C)[C@@H]1C[C@@H](C)O[C@@H](C)C1. The monoisotopic (exact) mass is 212 g/mol. The molecule has 3 atom stereocenters. The van der Waals surface area contributed by atoms with Crippen LogP contribution < -0.4 is 0 Å². The fraction of sp³-hybridized carbons (Fsp3) is 1.00. The van der Waals surface area contributed by atoms with Gasteiger partial charge in [0.25, 0.3) is 0 Å². The van der Waals surface area contributed by atoms with Crippen LogP contribution in [0.1, 0.15) is 54.4 Å². The quantitative estimate of drug-likeness (QED) is 0.684. The van der Waals surface area contributed by atoms with Crippen LogP contribution in [0.3, 0.4) is 0 Å². The minimum atomic E-state index is 0.457. The summed E-state index contributed by atoms with van der Waals surface area (Å²) in [7, 11) is 0. The maximum atomic E-state index is 5.83. The molecule has 0 amide bonds. The van der Waals surface area contributed by atoms with E-state index in [1.165, 1.54) is 12.8 Å². The van der Waals surface area contributed by atoms with Crippen LogP contribution >= 0.6 is 0 Å². The second-order valence-corrected chi connectivity index (χ2v) is 6.05. The molecule has 90 valence electrons. The number of hydrogen-bond acceptors (Lipinski definition) is 1. The van der Waals surface area contributed by atoms with E-state index >= 15 is 0 Å². The van der Waals surface area contributed by atoms with Gasteiger partial charge in [-0.25, -0.2) is 0 Å². The van der Waals surface area contributed by atoms with Crippen molar-refractivity contribution in [2.45, 2.75) is 66.6 Å². The van der Waals surface area contributed by atoms with Crippen LogP contribution in [-0.4, -0.2) is 12.2 Å². The molecule has 1 aliphatic rings. The first-order valence-electron chi connectivity index (χ1n) is 6.57. The Morgan fingerprint density at radius 3 is 1.60 bits per heavy atom. The number of rotatable bonds is 3. The summed E-state index contributed by atoms with van der Waals surface area (Å²) in [6, 6.07) is 0. The lowest BCUT2D eigenvalue weighted by Crippen LogP contribution is -2.36. The van der Waals surface area contributed by atoms with Gasteiger partial charge in [0.2, 0.25) is 0 Å². The maximum Gasteiger partial charge on any atom is 0.0553 e. The Balaban J connectivity index is 2.66. The Labute approximate surface area is 95.6 Å². The smallest absolute Gasteiger partial charge is 0.0553 e. The van der Waals surface area contributed by atoms with Crippen molar-refractivity contribution in [1.82, 2.24) is 0 Å². The maximum absolute atomic E-state index is 5.83. The minimum absolute atomic E-state index is 0.457. The van der Waals surface area contributed by atoms with Crippen molar-refractivity contribution in [3.63, 3.8) is 0 Å². The Hall–Kier alpha value is -0.0400. The lowest BCUT2D eigenvalue weighted by atomic mass is 9.71. The molecule has 0 aromatic carbocycles. The minimum Gasteiger partial charge on any atom is -0.376 e. The standard InChI is InChI=1S/C14H28O/c1-9(2)14(10(3)4)13-7-11(5)15-12(6)8-13/h9-14H,7-8H2,1-6H3/t11-,12+,13-. The predicted molar refractivity (Wildman–Crippen MR) is 65.9 cm³/mol. The lowest BCUT2D eigenvalue weighted by Gasteiger charge is -2.40. The van der Waals surface area contributed by atoms with Crippen molar-refractivity contribution in [3.8, 4) is 0 Å². The average Bonchev–Trinajstić information content (AvgIpc) is 1.99. The van der Waals surface area contributed by atoms with E-state index in [1.54, 1.807) is 0 Å². The molecule has 1 aliphatic heterocycles. The number of hydrogen-bond donors (Lipinski definition) is 0. The van der Waals surface area contributed by atoms with Gasteiger partial charge in [-0.3, -0.25) is 0 Å². The molecular formula is C14H28O. The van der Waals surface area contributed by atoms with Crippen LogP contribution in [0, 0.1) is 23.7 Å². The second kappa shape index (κ2) is 5.34. The molecule has 15 heavy (non-hydrogen) atoms. The van der Waals surface area contributed by atoms with Crippen molar-refractivity contribution in [2.24, 2.45) is 23.7 Å². The van der Waals surface area contributed by atoms with Gasteiger partial charge in [-0.15, -0.1) is 0 Å². The molecule has 1 saturated heterocycles. The molecule has 1 heteroatoms. The fourth-order valence-electron chi connectivity index (χ4n) is 3.63. The highest BCUT2D eigenvalue weighted by Gasteiger charge is 2.33. The molecule has 0 aromatic rings. The fourth-order valence-corrected chi connectivity index (χ4v) is 3.63. The van der Waals surface area contributed by atoms with Gasteiger partial charge in [0.15, 0.2) is 0 Å². The van der Waals surface area contributed by atoms with E-state index in [4.69, 9.17) is 4.74 Å². The molecule has 1 nitrogen and oxygen atoms in total. The molecule has 0 aromatic heterocycles. The molecular weight excluding hydrogens is 184 g/mol. The van der Waals surface area contributed by atoms with E-state index in [1.807, 2.05) is 0 Å². The molecule has 0 saturated carbocycles. The lowest BCUT2D eigenvalue weighted by molar-refractivity contribution is -0.0728. The highest BCUT2D eigenvalue weighted by molar-refractivity contribution is 4.82. The van der Waals surface area contributed by atoms with E-state index in [-0.39, 0.29) is 0 Å². The third kappa shape index (κ3) is 3.48. The summed E-state index contributed by atoms with van der Waals surface area (Å²) in [4.78, 5) is 0. The first kappa shape index (κ1) is 13.0. The summed E-state index contributed by atoms with van der Waals surface area (Å²) in [5.74, 6) is 3.32. The summed E-state index contributed by atoms with van der Waals surface area (Å²) in [6.07, 6.45) is 3.42. The second-order valence-electron chi connectivity index (χ2n) is 6.05. The van der Waals surface area contributed by atoms with Gasteiger partial charge in [-0.1, -0.05) is 27.7 Å². The summed E-state index contributed by atoms with van der Waals surface area (Å²) in [6.45, 7) is 13.9. The normalized spacial score (nSPS) is 33.0. The average molecular weight is 212 g/mol. The topological polar surface area (TPSA) is 9.23 Å². The van der Waals surface area contributed by atoms with Crippen LogP contribution in [0.15, 0.2) is 0 Å². The summed E-state index contributed by atoms with van der Waals surface area (Å²) in [5.41, 5.74) is 0. The Morgan fingerprint density at radius 1 is 0.867 bits per heavy atom. The van der Waals surface area contributed by atoms with Crippen LogP contribution in [0.5, 0.6) is 0 Å². The number of ether oxygens (including phenoxy) is 1. The van der Waals surface area contributed by atoms with E-state index in [2.05, 4.69) is 41.5 Å². The summed E-state index contributed by atoms with van der Waals surface area (Å²) >= 11 is 0. The third-order valence-electron chi connectivity index (χ3n) is 3.82. The first-order chi connectivity index (χ1) is 6.91. The van der Waals surface area contributed by atoms with E-state index in [0.717, 1.165) is 23.7 Å². The zero-order valence-corrected chi connectivity index (χ0v) is 11.3. The summed E-state index contributed by atoms with van der Waals surface area (Å²) in [5, 5.41) is 0. The van der Waals surface area contributed by atoms with Gasteiger partial charge >= 0.3 is 0 Å². The van der Waals surface area contributed by atoms with Gasteiger partial charge in [-0.2, -0.15) is 0 Å². The molecule has 0 N–H and O–H groups in total. The molecule has 0 aliphatic carbocycles. The van der Waals surface area contributed by atoms with E-state index in [0.29, 0.717) is 12.2 Å². The summed E-state index contributed by atoms with van der Waals surface area (Å²) < 4.78 is 5.83. The van der Waals surface area contributed by atoms with Gasteiger partial charge < -0.3 is 4.74 Å².